The monoisotopic (exact) mass is 316 g/mol. The molecule has 20 heavy (non-hydrogen) atoms. The second-order valence-corrected chi connectivity index (χ2v) is 7.64. The zero-order valence-electron chi connectivity index (χ0n) is 12.4. The predicted molar refractivity (Wildman–Crippen MR) is 86.6 cm³/mol. The fraction of sp³-hybridized carbons (Fsp3) is 0.800. The van der Waals surface area contributed by atoms with Crippen molar-refractivity contribution in [3.63, 3.8) is 0 Å². The maximum atomic E-state index is 12.2. The summed E-state index contributed by atoms with van der Waals surface area (Å²) in [6.07, 6.45) is 1.08. The fourth-order valence-electron chi connectivity index (χ4n) is 3.69. The van der Waals surface area contributed by atoms with Gasteiger partial charge in [-0.15, -0.1) is 0 Å². The van der Waals surface area contributed by atoms with E-state index < -0.39 is 17.6 Å². The number of ketones is 1. The van der Waals surface area contributed by atoms with E-state index in [1.807, 2.05) is 18.7 Å². The van der Waals surface area contributed by atoms with E-state index in [9.17, 15) is 9.90 Å². The van der Waals surface area contributed by atoms with Crippen molar-refractivity contribution < 1.29 is 14.6 Å². The van der Waals surface area contributed by atoms with Crippen LogP contribution in [0.2, 0.25) is 0 Å². The second kappa shape index (κ2) is 6.42. The van der Waals surface area contributed by atoms with E-state index in [2.05, 4.69) is 19.6 Å². The molecule has 114 valence electrons. The second-order valence-electron chi connectivity index (χ2n) is 5.88. The highest BCUT2D eigenvalue weighted by Crippen LogP contribution is 2.51. The third-order valence-electron chi connectivity index (χ3n) is 4.84. The molecular weight excluding hydrogens is 292 g/mol. The van der Waals surface area contributed by atoms with Crippen LogP contribution in [0.5, 0.6) is 0 Å². The van der Waals surface area contributed by atoms with Crippen LogP contribution >= 0.6 is 24.4 Å². The summed E-state index contributed by atoms with van der Waals surface area (Å²) >= 11 is 6.15. The Labute approximate surface area is 130 Å². The van der Waals surface area contributed by atoms with Crippen LogP contribution in [-0.4, -0.2) is 47.0 Å². The summed E-state index contributed by atoms with van der Waals surface area (Å²) in [6.45, 7) is 4.11. The first-order chi connectivity index (χ1) is 9.46. The standard InChI is InChI=1S/C15H24O3S2/c1-9-10-8-11(16)14(18-3)15(10,2)13(17)5-4-12(9)20-7-6-19/h12-14,17,19H,4-8H2,1-3H3/t12?,13-,14+,15+/m0/s1. The van der Waals surface area contributed by atoms with Gasteiger partial charge in [0.1, 0.15) is 6.10 Å². The van der Waals surface area contributed by atoms with E-state index in [4.69, 9.17) is 4.74 Å². The molecule has 4 atom stereocenters. The molecule has 1 unspecified atom stereocenters. The molecule has 0 aliphatic heterocycles. The van der Waals surface area contributed by atoms with Crippen molar-refractivity contribution in [1.82, 2.24) is 0 Å². The zero-order chi connectivity index (χ0) is 14.9. The number of carbonyl (C=O) groups is 1. The van der Waals surface area contributed by atoms with Crippen LogP contribution in [0.4, 0.5) is 0 Å². The summed E-state index contributed by atoms with van der Waals surface area (Å²) < 4.78 is 5.42. The Kier molecular flexibility index (Phi) is 5.27. The van der Waals surface area contributed by atoms with Crippen molar-refractivity contribution >= 4 is 30.2 Å². The van der Waals surface area contributed by atoms with Gasteiger partial charge in [0.2, 0.25) is 0 Å². The molecule has 1 saturated carbocycles. The molecule has 0 spiro atoms. The molecule has 2 aliphatic rings. The van der Waals surface area contributed by atoms with E-state index >= 15 is 0 Å². The van der Waals surface area contributed by atoms with Gasteiger partial charge in [0.25, 0.3) is 0 Å². The molecule has 5 heteroatoms. The molecule has 3 nitrogen and oxygen atoms in total. The van der Waals surface area contributed by atoms with Crippen molar-refractivity contribution in [2.75, 3.05) is 18.6 Å². The summed E-state index contributed by atoms with van der Waals surface area (Å²) in [6, 6.07) is 0. The van der Waals surface area contributed by atoms with Crippen molar-refractivity contribution in [3.05, 3.63) is 11.1 Å². The number of carbonyl (C=O) groups excluding carboxylic acids is 1. The maximum Gasteiger partial charge on any atom is 0.166 e. The minimum atomic E-state index is -0.549. The zero-order valence-corrected chi connectivity index (χ0v) is 14.1. The molecule has 1 fully saturated rings. The third kappa shape index (κ3) is 2.58. The van der Waals surface area contributed by atoms with Gasteiger partial charge in [-0.05, 0) is 25.5 Å². The van der Waals surface area contributed by atoms with E-state index in [-0.39, 0.29) is 5.78 Å². The lowest BCUT2D eigenvalue weighted by Crippen LogP contribution is -2.43. The molecule has 2 aliphatic carbocycles. The van der Waals surface area contributed by atoms with Crippen LogP contribution in [0.15, 0.2) is 11.1 Å². The van der Waals surface area contributed by atoms with E-state index in [0.717, 1.165) is 23.5 Å². The number of fused-ring (bicyclic) bond motifs is 1. The van der Waals surface area contributed by atoms with Gasteiger partial charge < -0.3 is 9.84 Å². The van der Waals surface area contributed by atoms with Gasteiger partial charge >= 0.3 is 0 Å². The number of aliphatic hydroxyl groups excluding tert-OH is 1. The molecule has 0 aromatic heterocycles. The van der Waals surface area contributed by atoms with E-state index in [1.165, 1.54) is 5.57 Å². The highest BCUT2D eigenvalue weighted by atomic mass is 32.2. The molecule has 0 bridgehead atoms. The summed E-state index contributed by atoms with van der Waals surface area (Å²) in [5.74, 6) is 1.94. The van der Waals surface area contributed by atoms with Crippen LogP contribution in [0, 0.1) is 5.41 Å². The van der Waals surface area contributed by atoms with Crippen LogP contribution in [0.1, 0.15) is 33.1 Å². The molecule has 0 aromatic rings. The number of ether oxygens (including phenoxy) is 1. The first kappa shape index (κ1) is 16.4. The molecule has 0 aromatic carbocycles. The predicted octanol–water partition coefficient (Wildman–Crippen LogP) is 2.48. The summed E-state index contributed by atoms with van der Waals surface area (Å²) in [5, 5.41) is 11.0. The highest BCUT2D eigenvalue weighted by Gasteiger charge is 2.54. The fourth-order valence-corrected chi connectivity index (χ4v) is 5.09. The van der Waals surface area contributed by atoms with Gasteiger partial charge in [-0.1, -0.05) is 18.1 Å². The average Bonchev–Trinajstić information content (AvgIpc) is 2.65. The number of hydrogen-bond donors (Lipinski definition) is 2. The smallest absolute Gasteiger partial charge is 0.166 e. The SMILES string of the molecule is CO[C@@H]1C(=O)CC2=C(C)C(SCCS)CC[C@H](O)[C@@]21C. The van der Waals surface area contributed by atoms with Gasteiger partial charge in [0.05, 0.1) is 6.10 Å². The van der Waals surface area contributed by atoms with Gasteiger partial charge in [0, 0.05) is 29.9 Å². The first-order valence-electron chi connectivity index (χ1n) is 7.13. The average molecular weight is 316 g/mol. The lowest BCUT2D eigenvalue weighted by Gasteiger charge is -2.35. The summed E-state index contributed by atoms with van der Waals surface area (Å²) in [4.78, 5) is 12.2. The number of methoxy groups -OCH3 is 1. The lowest BCUT2D eigenvalue weighted by molar-refractivity contribution is -0.133. The molecule has 0 amide bonds. The van der Waals surface area contributed by atoms with E-state index in [1.54, 1.807) is 7.11 Å². The number of hydrogen-bond acceptors (Lipinski definition) is 5. The Morgan fingerprint density at radius 3 is 2.80 bits per heavy atom. The Bertz CT molecular complexity index is 421. The minimum Gasteiger partial charge on any atom is -0.392 e. The van der Waals surface area contributed by atoms with Gasteiger partial charge in [0.15, 0.2) is 5.78 Å². The molecule has 0 heterocycles. The largest absolute Gasteiger partial charge is 0.392 e. The summed E-state index contributed by atoms with van der Waals surface area (Å²) in [7, 11) is 1.57. The van der Waals surface area contributed by atoms with Crippen LogP contribution in [-0.2, 0) is 9.53 Å². The van der Waals surface area contributed by atoms with E-state index in [0.29, 0.717) is 18.1 Å². The highest BCUT2D eigenvalue weighted by molar-refractivity contribution is 8.00. The van der Waals surface area contributed by atoms with Crippen molar-refractivity contribution in [2.24, 2.45) is 5.41 Å². The van der Waals surface area contributed by atoms with Crippen LogP contribution < -0.4 is 0 Å². The molecule has 0 saturated heterocycles. The van der Waals surface area contributed by atoms with Crippen LogP contribution in [0.25, 0.3) is 0 Å². The van der Waals surface area contributed by atoms with Gasteiger partial charge in [-0.3, -0.25) is 4.79 Å². The lowest BCUT2D eigenvalue weighted by atomic mass is 9.75. The van der Waals surface area contributed by atoms with Gasteiger partial charge in [-0.25, -0.2) is 0 Å². The Morgan fingerprint density at radius 1 is 1.50 bits per heavy atom. The molecular formula is C15H24O3S2. The Morgan fingerprint density at radius 2 is 2.20 bits per heavy atom. The quantitative estimate of drug-likeness (QED) is 0.618. The molecule has 2 rings (SSSR count). The van der Waals surface area contributed by atoms with Crippen molar-refractivity contribution in [2.45, 2.75) is 50.6 Å². The molecule has 1 N–H and O–H groups in total. The number of thioether (sulfide) groups is 1. The number of thiol groups is 1. The topological polar surface area (TPSA) is 46.5 Å². The number of rotatable bonds is 4. The van der Waals surface area contributed by atoms with Crippen LogP contribution in [0.3, 0.4) is 0 Å². The first-order valence-corrected chi connectivity index (χ1v) is 8.81. The maximum absolute atomic E-state index is 12.2. The Balaban J connectivity index is 2.40. The summed E-state index contributed by atoms with van der Waals surface area (Å²) in [5.41, 5.74) is 1.83. The van der Waals surface area contributed by atoms with Gasteiger partial charge in [-0.2, -0.15) is 24.4 Å². The normalized spacial score (nSPS) is 38.0. The Hall–Kier alpha value is 0.0300. The number of Topliss-reactive ketones (excluding diaryl/α,β-unsaturated/α-hetero) is 1. The third-order valence-corrected chi connectivity index (χ3v) is 6.80. The van der Waals surface area contributed by atoms with Crippen molar-refractivity contribution in [1.29, 1.82) is 0 Å². The minimum absolute atomic E-state index is 0.100. The molecule has 0 radical (unpaired) electrons. The number of aliphatic hydroxyl groups is 1. The van der Waals surface area contributed by atoms with Crippen molar-refractivity contribution in [3.8, 4) is 0 Å².